The zero-order valence-corrected chi connectivity index (χ0v) is 10.8. The van der Waals surface area contributed by atoms with Crippen LogP contribution in [0.5, 0.6) is 0 Å². The Labute approximate surface area is 105 Å². The zero-order valence-electron chi connectivity index (χ0n) is 10.0. The van der Waals surface area contributed by atoms with Gasteiger partial charge in [0.2, 0.25) is 0 Å². The number of aliphatic carboxylic acids is 1. The molecular weight excluding hydrogens is 236 g/mol. The van der Waals surface area contributed by atoms with Gasteiger partial charge in [0, 0.05) is 23.3 Å². The summed E-state index contributed by atoms with van der Waals surface area (Å²) < 4.78 is 0. The van der Waals surface area contributed by atoms with Gasteiger partial charge >= 0.3 is 5.97 Å². The molecule has 3 nitrogen and oxygen atoms in total. The Morgan fingerprint density at radius 1 is 1.29 bits per heavy atom. The SMILES string of the molecule is CSc1ccc(C)cc1C(=O)CCCC(=O)O. The van der Waals surface area contributed by atoms with Gasteiger partial charge in [0.05, 0.1) is 0 Å². The van der Waals surface area contributed by atoms with Crippen LogP contribution in [0.1, 0.15) is 35.2 Å². The molecule has 1 N–H and O–H groups in total. The fourth-order valence-electron chi connectivity index (χ4n) is 1.57. The van der Waals surface area contributed by atoms with Crippen LogP contribution < -0.4 is 0 Å². The number of carboxylic acids is 1. The van der Waals surface area contributed by atoms with E-state index in [4.69, 9.17) is 5.11 Å². The fraction of sp³-hybridized carbons (Fsp3) is 0.385. The van der Waals surface area contributed by atoms with Gasteiger partial charge in [0.25, 0.3) is 0 Å². The molecule has 1 aromatic rings. The van der Waals surface area contributed by atoms with Gasteiger partial charge < -0.3 is 5.11 Å². The van der Waals surface area contributed by atoms with E-state index in [-0.39, 0.29) is 12.2 Å². The Bertz CT molecular complexity index is 427. The van der Waals surface area contributed by atoms with Crippen LogP contribution in [0.2, 0.25) is 0 Å². The van der Waals surface area contributed by atoms with E-state index in [1.807, 2.05) is 31.4 Å². The summed E-state index contributed by atoms with van der Waals surface area (Å²) in [4.78, 5) is 23.3. The quantitative estimate of drug-likeness (QED) is 0.624. The van der Waals surface area contributed by atoms with Crippen molar-refractivity contribution in [2.24, 2.45) is 0 Å². The number of aryl methyl sites for hydroxylation is 1. The van der Waals surface area contributed by atoms with E-state index in [2.05, 4.69) is 0 Å². The molecule has 0 radical (unpaired) electrons. The van der Waals surface area contributed by atoms with E-state index in [1.54, 1.807) is 0 Å². The minimum Gasteiger partial charge on any atom is -0.481 e. The molecule has 17 heavy (non-hydrogen) atoms. The number of thioether (sulfide) groups is 1. The molecular formula is C13H16O3S. The fourth-order valence-corrected chi connectivity index (χ4v) is 2.17. The predicted molar refractivity (Wildman–Crippen MR) is 68.8 cm³/mol. The van der Waals surface area contributed by atoms with Gasteiger partial charge in [-0.25, -0.2) is 0 Å². The molecule has 0 aromatic heterocycles. The molecule has 0 fully saturated rings. The first-order chi connectivity index (χ1) is 8.04. The first-order valence-electron chi connectivity index (χ1n) is 5.44. The number of Topliss-reactive ketones (excluding diaryl/α,β-unsaturated/α-hetero) is 1. The zero-order chi connectivity index (χ0) is 12.8. The maximum absolute atomic E-state index is 12.0. The molecule has 0 heterocycles. The lowest BCUT2D eigenvalue weighted by molar-refractivity contribution is -0.137. The van der Waals surface area contributed by atoms with Crippen LogP contribution in [0.4, 0.5) is 0 Å². The molecule has 92 valence electrons. The summed E-state index contributed by atoms with van der Waals surface area (Å²) in [6.07, 6.45) is 2.67. The molecule has 0 bridgehead atoms. The summed E-state index contributed by atoms with van der Waals surface area (Å²) in [6, 6.07) is 5.78. The largest absolute Gasteiger partial charge is 0.481 e. The molecule has 0 atom stereocenters. The maximum Gasteiger partial charge on any atom is 0.303 e. The maximum atomic E-state index is 12.0. The third kappa shape index (κ3) is 4.23. The van der Waals surface area contributed by atoms with E-state index in [1.165, 1.54) is 11.8 Å². The number of carboxylic acid groups (broad SMARTS) is 1. The van der Waals surface area contributed by atoms with Gasteiger partial charge in [-0.15, -0.1) is 11.8 Å². The summed E-state index contributed by atoms with van der Waals surface area (Å²) in [7, 11) is 0. The Balaban J connectivity index is 2.73. The average molecular weight is 252 g/mol. The highest BCUT2D eigenvalue weighted by atomic mass is 32.2. The van der Waals surface area contributed by atoms with Crippen LogP contribution in [0, 0.1) is 6.92 Å². The van der Waals surface area contributed by atoms with Crippen molar-refractivity contribution >= 4 is 23.5 Å². The van der Waals surface area contributed by atoms with Crippen LogP contribution in [0.15, 0.2) is 23.1 Å². The number of rotatable bonds is 6. The van der Waals surface area contributed by atoms with Crippen molar-refractivity contribution in [3.05, 3.63) is 29.3 Å². The lowest BCUT2D eigenvalue weighted by atomic mass is 10.0. The standard InChI is InChI=1S/C13H16O3S/c1-9-6-7-12(17-2)10(8-9)11(14)4-3-5-13(15)16/h6-8H,3-5H2,1-2H3,(H,15,16). The first kappa shape index (κ1) is 13.8. The molecule has 0 aliphatic rings. The number of benzene rings is 1. The summed E-state index contributed by atoms with van der Waals surface area (Å²) in [5, 5.41) is 8.53. The highest BCUT2D eigenvalue weighted by Gasteiger charge is 2.11. The first-order valence-corrected chi connectivity index (χ1v) is 6.66. The molecule has 0 saturated carbocycles. The number of ketones is 1. The molecule has 1 aromatic carbocycles. The van der Waals surface area contributed by atoms with Gasteiger partial charge in [-0.2, -0.15) is 0 Å². The summed E-state index contributed by atoms with van der Waals surface area (Å²) in [5.41, 5.74) is 1.76. The molecule has 4 heteroatoms. The number of carbonyl (C=O) groups excluding carboxylic acids is 1. The second-order valence-electron chi connectivity index (χ2n) is 3.87. The molecule has 0 aliphatic carbocycles. The lowest BCUT2D eigenvalue weighted by Crippen LogP contribution is -2.03. The molecule has 1 rings (SSSR count). The van der Waals surface area contributed by atoms with Crippen molar-refractivity contribution in [1.29, 1.82) is 0 Å². The van der Waals surface area contributed by atoms with Gasteiger partial charge in [-0.1, -0.05) is 11.6 Å². The van der Waals surface area contributed by atoms with Crippen molar-refractivity contribution in [2.45, 2.75) is 31.1 Å². The second-order valence-corrected chi connectivity index (χ2v) is 4.72. The highest BCUT2D eigenvalue weighted by Crippen LogP contribution is 2.23. The summed E-state index contributed by atoms with van der Waals surface area (Å²) >= 11 is 1.54. The van der Waals surface area contributed by atoms with E-state index < -0.39 is 5.97 Å². The van der Waals surface area contributed by atoms with E-state index >= 15 is 0 Å². The minimum atomic E-state index is -0.855. The predicted octanol–water partition coefficient (Wildman–Crippen LogP) is 3.15. The van der Waals surface area contributed by atoms with Crippen LogP contribution in [0.25, 0.3) is 0 Å². The topological polar surface area (TPSA) is 54.4 Å². The summed E-state index contributed by atoms with van der Waals surface area (Å²) in [5.74, 6) is -0.827. The Hall–Kier alpha value is -1.29. The minimum absolute atomic E-state index is 0.0271. The van der Waals surface area contributed by atoms with Crippen molar-refractivity contribution in [2.75, 3.05) is 6.26 Å². The van der Waals surface area contributed by atoms with Gasteiger partial charge in [0.15, 0.2) is 5.78 Å². The van der Waals surface area contributed by atoms with Gasteiger partial charge in [-0.05, 0) is 31.7 Å². The number of carbonyl (C=O) groups is 2. The third-order valence-electron chi connectivity index (χ3n) is 2.45. The van der Waals surface area contributed by atoms with Gasteiger partial charge in [0.1, 0.15) is 0 Å². The Kier molecular flexibility index (Phi) is 5.22. The molecule has 0 spiro atoms. The van der Waals surface area contributed by atoms with E-state index in [0.717, 1.165) is 10.5 Å². The smallest absolute Gasteiger partial charge is 0.303 e. The van der Waals surface area contributed by atoms with Crippen LogP contribution in [-0.4, -0.2) is 23.1 Å². The second kappa shape index (κ2) is 6.45. The van der Waals surface area contributed by atoms with Crippen molar-refractivity contribution < 1.29 is 14.7 Å². The van der Waals surface area contributed by atoms with Crippen LogP contribution in [-0.2, 0) is 4.79 Å². The molecule has 0 unspecified atom stereocenters. The molecule has 0 aliphatic heterocycles. The van der Waals surface area contributed by atoms with Crippen LogP contribution >= 0.6 is 11.8 Å². The third-order valence-corrected chi connectivity index (χ3v) is 3.25. The molecule has 0 amide bonds. The van der Waals surface area contributed by atoms with E-state index in [9.17, 15) is 9.59 Å². The lowest BCUT2D eigenvalue weighted by Gasteiger charge is -2.07. The number of hydrogen-bond donors (Lipinski definition) is 1. The summed E-state index contributed by atoms with van der Waals surface area (Å²) in [6.45, 7) is 1.94. The average Bonchev–Trinajstić information content (AvgIpc) is 2.28. The van der Waals surface area contributed by atoms with Crippen molar-refractivity contribution in [3.63, 3.8) is 0 Å². The highest BCUT2D eigenvalue weighted by molar-refractivity contribution is 7.98. The van der Waals surface area contributed by atoms with E-state index in [0.29, 0.717) is 18.4 Å². The monoisotopic (exact) mass is 252 g/mol. The Morgan fingerprint density at radius 2 is 2.00 bits per heavy atom. The van der Waals surface area contributed by atoms with Gasteiger partial charge in [-0.3, -0.25) is 9.59 Å². The number of hydrogen-bond acceptors (Lipinski definition) is 3. The van der Waals surface area contributed by atoms with Crippen molar-refractivity contribution in [3.8, 4) is 0 Å². The normalized spacial score (nSPS) is 10.2. The van der Waals surface area contributed by atoms with Crippen LogP contribution in [0.3, 0.4) is 0 Å². The molecule has 0 saturated heterocycles. The Morgan fingerprint density at radius 3 is 2.59 bits per heavy atom. The van der Waals surface area contributed by atoms with Crippen molar-refractivity contribution in [1.82, 2.24) is 0 Å².